The lowest BCUT2D eigenvalue weighted by atomic mass is 9.93. The summed E-state index contributed by atoms with van der Waals surface area (Å²) < 4.78 is 24.3. The van der Waals surface area contributed by atoms with E-state index in [1.807, 2.05) is 23.1 Å². The molecule has 1 atom stereocenters. The van der Waals surface area contributed by atoms with Crippen molar-refractivity contribution in [3.8, 4) is 11.5 Å². The number of ether oxygens (including phenoxy) is 2. The van der Waals surface area contributed by atoms with Crippen LogP contribution in [-0.4, -0.2) is 49.6 Å². The van der Waals surface area contributed by atoms with Crippen molar-refractivity contribution in [2.75, 3.05) is 33.9 Å². The summed E-state index contributed by atoms with van der Waals surface area (Å²) in [5, 5.41) is 0. The molecule has 30 heavy (non-hydrogen) atoms. The van der Waals surface area contributed by atoms with E-state index in [1.54, 1.807) is 26.4 Å². The first-order valence-electron chi connectivity index (χ1n) is 10.6. The van der Waals surface area contributed by atoms with Crippen molar-refractivity contribution in [3.63, 3.8) is 0 Å². The van der Waals surface area contributed by atoms with Crippen LogP contribution in [0.5, 0.6) is 11.5 Å². The number of likely N-dealkylation sites (tertiary alicyclic amines) is 1. The first kappa shape index (κ1) is 20.7. The molecule has 5 nitrogen and oxygen atoms in total. The van der Waals surface area contributed by atoms with Gasteiger partial charge in [0, 0.05) is 26.2 Å². The van der Waals surface area contributed by atoms with E-state index < -0.39 is 0 Å². The van der Waals surface area contributed by atoms with Crippen molar-refractivity contribution < 1.29 is 18.7 Å². The van der Waals surface area contributed by atoms with E-state index >= 15 is 0 Å². The second-order valence-corrected chi connectivity index (χ2v) is 8.19. The smallest absolute Gasteiger partial charge is 0.227 e. The van der Waals surface area contributed by atoms with Gasteiger partial charge in [0.25, 0.3) is 0 Å². The normalized spacial score (nSPS) is 19.3. The van der Waals surface area contributed by atoms with Gasteiger partial charge in [-0.1, -0.05) is 12.1 Å². The van der Waals surface area contributed by atoms with Crippen LogP contribution in [0.2, 0.25) is 0 Å². The Hall–Kier alpha value is -2.60. The molecule has 0 aliphatic carbocycles. The summed E-state index contributed by atoms with van der Waals surface area (Å²) in [7, 11) is 3.27. The van der Waals surface area contributed by atoms with Crippen LogP contribution >= 0.6 is 0 Å². The average molecular weight is 413 g/mol. The molecule has 4 rings (SSSR count). The number of methoxy groups -OCH3 is 2. The SMILES string of the molecule is COc1cc2c(cc1OC)CN(C(=O)C1CCCN(Cc3cccc(F)c3)C1)CC2. The van der Waals surface area contributed by atoms with Crippen molar-refractivity contribution in [1.29, 1.82) is 0 Å². The molecule has 1 amide bonds. The van der Waals surface area contributed by atoms with Crippen molar-refractivity contribution in [2.24, 2.45) is 5.92 Å². The standard InChI is InChI=1S/C24H29FN2O3/c1-29-22-12-18-8-10-27(16-20(18)13-23(22)30-2)24(28)19-6-4-9-26(15-19)14-17-5-3-7-21(25)11-17/h3,5,7,11-13,19H,4,6,8-10,14-16H2,1-2H3. The highest BCUT2D eigenvalue weighted by Crippen LogP contribution is 2.34. The molecule has 0 N–H and O–H groups in total. The number of carbonyl (C=O) groups excluding carboxylic acids is 1. The summed E-state index contributed by atoms with van der Waals surface area (Å²) in [6.07, 6.45) is 2.72. The highest BCUT2D eigenvalue weighted by Gasteiger charge is 2.31. The maximum atomic E-state index is 13.5. The first-order chi connectivity index (χ1) is 14.6. The summed E-state index contributed by atoms with van der Waals surface area (Å²) in [6.45, 7) is 3.68. The fourth-order valence-corrected chi connectivity index (χ4v) is 4.62. The van der Waals surface area contributed by atoms with Gasteiger partial charge >= 0.3 is 0 Å². The number of halogens is 1. The zero-order chi connectivity index (χ0) is 21.1. The van der Waals surface area contributed by atoms with Gasteiger partial charge in [-0.25, -0.2) is 4.39 Å². The maximum Gasteiger partial charge on any atom is 0.227 e. The van der Waals surface area contributed by atoms with Gasteiger partial charge in [-0.2, -0.15) is 0 Å². The predicted molar refractivity (Wildman–Crippen MR) is 113 cm³/mol. The Kier molecular flexibility index (Phi) is 6.23. The lowest BCUT2D eigenvalue weighted by Crippen LogP contribution is -2.46. The Morgan fingerprint density at radius 2 is 1.87 bits per heavy atom. The lowest BCUT2D eigenvalue weighted by Gasteiger charge is -2.37. The molecule has 2 heterocycles. The third kappa shape index (κ3) is 4.43. The van der Waals surface area contributed by atoms with E-state index in [9.17, 15) is 9.18 Å². The fraction of sp³-hybridized carbons (Fsp3) is 0.458. The number of benzene rings is 2. The van der Waals surface area contributed by atoms with Crippen LogP contribution in [0.25, 0.3) is 0 Å². The molecule has 160 valence electrons. The Bertz CT molecular complexity index is 917. The zero-order valence-corrected chi connectivity index (χ0v) is 17.7. The molecule has 0 saturated carbocycles. The number of nitrogens with zero attached hydrogens (tertiary/aromatic N) is 2. The third-order valence-electron chi connectivity index (χ3n) is 6.18. The number of carbonyl (C=O) groups is 1. The van der Waals surface area contributed by atoms with Crippen LogP contribution in [0, 0.1) is 11.7 Å². The fourth-order valence-electron chi connectivity index (χ4n) is 4.62. The molecule has 0 bridgehead atoms. The lowest BCUT2D eigenvalue weighted by molar-refractivity contribution is -0.138. The number of hydrogen-bond acceptors (Lipinski definition) is 4. The Morgan fingerprint density at radius 1 is 1.10 bits per heavy atom. The highest BCUT2D eigenvalue weighted by atomic mass is 19.1. The van der Waals surface area contributed by atoms with Gasteiger partial charge in [-0.15, -0.1) is 0 Å². The second kappa shape index (κ2) is 9.04. The first-order valence-corrected chi connectivity index (χ1v) is 10.6. The van der Waals surface area contributed by atoms with E-state index in [-0.39, 0.29) is 17.6 Å². The van der Waals surface area contributed by atoms with Crippen LogP contribution in [0.15, 0.2) is 36.4 Å². The van der Waals surface area contributed by atoms with Gasteiger partial charge in [-0.3, -0.25) is 9.69 Å². The van der Waals surface area contributed by atoms with Gasteiger partial charge in [-0.05, 0) is 66.8 Å². The van der Waals surface area contributed by atoms with Crippen molar-refractivity contribution in [2.45, 2.75) is 32.4 Å². The summed E-state index contributed by atoms with van der Waals surface area (Å²) in [6, 6.07) is 10.7. The molecule has 0 radical (unpaired) electrons. The van der Waals surface area contributed by atoms with E-state index in [4.69, 9.17) is 9.47 Å². The molecular formula is C24H29FN2O3. The van der Waals surface area contributed by atoms with E-state index in [1.165, 1.54) is 11.6 Å². The Balaban J connectivity index is 1.42. The van der Waals surface area contributed by atoms with E-state index in [0.717, 1.165) is 55.8 Å². The van der Waals surface area contributed by atoms with Crippen molar-refractivity contribution in [3.05, 3.63) is 58.9 Å². The predicted octanol–water partition coefficient (Wildman–Crippen LogP) is 3.64. The minimum absolute atomic E-state index is 0.00555. The third-order valence-corrected chi connectivity index (χ3v) is 6.18. The molecule has 1 fully saturated rings. The van der Waals surface area contributed by atoms with E-state index in [2.05, 4.69) is 4.90 Å². The molecule has 2 aliphatic heterocycles. The Morgan fingerprint density at radius 3 is 2.60 bits per heavy atom. The van der Waals surface area contributed by atoms with Gasteiger partial charge in [0.1, 0.15) is 5.82 Å². The quantitative estimate of drug-likeness (QED) is 0.752. The largest absolute Gasteiger partial charge is 0.493 e. The molecule has 6 heteroatoms. The van der Waals surface area contributed by atoms with Crippen LogP contribution in [0.3, 0.4) is 0 Å². The zero-order valence-electron chi connectivity index (χ0n) is 17.7. The monoisotopic (exact) mass is 412 g/mol. The van der Waals surface area contributed by atoms with Gasteiger partial charge in [0.15, 0.2) is 11.5 Å². The molecular weight excluding hydrogens is 383 g/mol. The van der Waals surface area contributed by atoms with Crippen LogP contribution in [-0.2, 0) is 24.3 Å². The molecule has 2 aliphatic rings. The van der Waals surface area contributed by atoms with Gasteiger partial charge in [0.2, 0.25) is 5.91 Å². The van der Waals surface area contributed by atoms with Crippen molar-refractivity contribution >= 4 is 5.91 Å². The van der Waals surface area contributed by atoms with Crippen molar-refractivity contribution in [1.82, 2.24) is 9.80 Å². The average Bonchev–Trinajstić information content (AvgIpc) is 2.77. The number of rotatable bonds is 5. The summed E-state index contributed by atoms with van der Waals surface area (Å²) in [5.74, 6) is 1.44. The molecule has 1 saturated heterocycles. The summed E-state index contributed by atoms with van der Waals surface area (Å²) >= 11 is 0. The van der Waals surface area contributed by atoms with E-state index in [0.29, 0.717) is 18.8 Å². The number of hydrogen-bond donors (Lipinski definition) is 0. The van der Waals surface area contributed by atoms with Crippen LogP contribution in [0.4, 0.5) is 4.39 Å². The number of fused-ring (bicyclic) bond motifs is 1. The summed E-state index contributed by atoms with van der Waals surface area (Å²) in [4.78, 5) is 17.5. The molecule has 0 aromatic heterocycles. The summed E-state index contributed by atoms with van der Waals surface area (Å²) in [5.41, 5.74) is 3.30. The number of amides is 1. The Labute approximate surface area is 177 Å². The molecule has 2 aromatic carbocycles. The second-order valence-electron chi connectivity index (χ2n) is 8.19. The maximum absolute atomic E-state index is 13.5. The molecule has 2 aromatic rings. The minimum Gasteiger partial charge on any atom is -0.493 e. The highest BCUT2D eigenvalue weighted by molar-refractivity contribution is 5.79. The van der Waals surface area contributed by atoms with Crippen LogP contribution in [0.1, 0.15) is 29.5 Å². The van der Waals surface area contributed by atoms with Gasteiger partial charge in [0.05, 0.1) is 20.1 Å². The minimum atomic E-state index is -0.212. The van der Waals surface area contributed by atoms with Crippen LogP contribution < -0.4 is 9.47 Å². The topological polar surface area (TPSA) is 42.0 Å². The molecule has 0 spiro atoms. The number of piperidine rings is 1. The molecule has 1 unspecified atom stereocenters. The van der Waals surface area contributed by atoms with Gasteiger partial charge < -0.3 is 14.4 Å².